The molecule has 4 fully saturated rings. The van der Waals surface area contributed by atoms with Crippen molar-refractivity contribution < 1.29 is 23.8 Å². The molecule has 0 saturated carbocycles. The first-order valence-electron chi connectivity index (χ1n) is 13.5. The molecule has 1 amide bonds. The summed E-state index contributed by atoms with van der Waals surface area (Å²) in [4.78, 5) is 30.0. The smallest absolute Gasteiger partial charge is 0.306 e. The van der Waals surface area contributed by atoms with Crippen molar-refractivity contribution in [1.82, 2.24) is 15.1 Å². The number of carbonyl (C=O) groups is 2. The van der Waals surface area contributed by atoms with Crippen molar-refractivity contribution >= 4 is 29.2 Å². The Morgan fingerprint density at radius 1 is 1.05 bits per heavy atom. The number of hydrogen-bond donors (Lipinski definition) is 2. The molecule has 4 aliphatic rings. The Morgan fingerprint density at radius 3 is 2.51 bits per heavy atom. The number of rotatable bonds is 11. The predicted molar refractivity (Wildman–Crippen MR) is 143 cm³/mol. The third-order valence-electron chi connectivity index (χ3n) is 8.06. The Bertz CT molecular complexity index is 940. The van der Waals surface area contributed by atoms with Gasteiger partial charge in [0.2, 0.25) is 0 Å². The Morgan fingerprint density at radius 2 is 1.84 bits per heavy atom. The first-order chi connectivity index (χ1) is 17.9. The van der Waals surface area contributed by atoms with Crippen LogP contribution in [0.4, 0.5) is 5.69 Å². The van der Waals surface area contributed by atoms with E-state index in [9.17, 15) is 9.59 Å². The fourth-order valence-corrected chi connectivity index (χ4v) is 5.97. The van der Waals surface area contributed by atoms with Gasteiger partial charge in [0.05, 0.1) is 35.5 Å². The van der Waals surface area contributed by atoms with E-state index in [0.29, 0.717) is 34.4 Å². The summed E-state index contributed by atoms with van der Waals surface area (Å²) >= 11 is 6.13. The van der Waals surface area contributed by atoms with Crippen molar-refractivity contribution in [3.05, 3.63) is 22.7 Å². The number of nitrogens with zero attached hydrogens (tertiary/aromatic N) is 2. The molecule has 0 unspecified atom stereocenters. The molecule has 3 atom stereocenters. The van der Waals surface area contributed by atoms with E-state index in [0.717, 1.165) is 77.8 Å². The zero-order valence-electron chi connectivity index (χ0n) is 22.0. The standard InChI is InChI=1S/C27H41ClN4O5/c1-35-23-15-21(29)20(28)14-19(23)27(34)30-22-9-13-31(17-25(22)36-2)10-5-3-4-6-26(33)37-24-16-32-11-7-18(24)8-12-32/h14-15,18,22,24-25H,3-13,16-17,29H2,1-2H3,(H,30,34)/t22-,24-,25+/m1/s1. The fourth-order valence-electron chi connectivity index (χ4n) is 5.80. The van der Waals surface area contributed by atoms with Gasteiger partial charge in [-0.15, -0.1) is 0 Å². The summed E-state index contributed by atoms with van der Waals surface area (Å²) in [6, 6.07) is 2.98. The summed E-state index contributed by atoms with van der Waals surface area (Å²) < 4.78 is 16.8. The van der Waals surface area contributed by atoms with Crippen LogP contribution in [0.5, 0.6) is 5.75 Å². The second-order valence-corrected chi connectivity index (χ2v) is 10.9. The van der Waals surface area contributed by atoms with Crippen LogP contribution in [0.1, 0.15) is 55.3 Å². The van der Waals surface area contributed by atoms with Crippen LogP contribution in [0.15, 0.2) is 12.1 Å². The normalized spacial score (nSPS) is 27.6. The monoisotopic (exact) mass is 536 g/mol. The minimum Gasteiger partial charge on any atom is -0.496 e. The quantitative estimate of drug-likeness (QED) is 0.252. The van der Waals surface area contributed by atoms with E-state index in [1.165, 1.54) is 13.2 Å². The lowest BCUT2D eigenvalue weighted by molar-refractivity contribution is -0.158. The Labute approximate surface area is 224 Å². The van der Waals surface area contributed by atoms with Crippen LogP contribution in [0.3, 0.4) is 0 Å². The number of esters is 1. The molecule has 0 aliphatic carbocycles. The zero-order chi connectivity index (χ0) is 26.4. The molecule has 0 spiro atoms. The molecule has 0 radical (unpaired) electrons. The molecule has 1 aromatic carbocycles. The number of likely N-dealkylation sites (tertiary alicyclic amines) is 1. The number of anilines is 1. The maximum Gasteiger partial charge on any atom is 0.306 e. The van der Waals surface area contributed by atoms with Crippen molar-refractivity contribution in [3.63, 3.8) is 0 Å². The van der Waals surface area contributed by atoms with Gasteiger partial charge in [-0.25, -0.2) is 0 Å². The first kappa shape index (κ1) is 28.0. The van der Waals surface area contributed by atoms with E-state index in [1.807, 2.05) is 0 Å². The number of fused-ring (bicyclic) bond motifs is 3. The molecule has 5 rings (SSSR count). The number of nitrogen functional groups attached to an aromatic ring is 1. The lowest BCUT2D eigenvalue weighted by Gasteiger charge is -2.43. The minimum absolute atomic E-state index is 0.0474. The zero-order valence-corrected chi connectivity index (χ0v) is 22.8. The lowest BCUT2D eigenvalue weighted by Crippen LogP contribution is -2.54. The molecule has 3 N–H and O–H groups in total. The van der Waals surface area contributed by atoms with E-state index < -0.39 is 0 Å². The van der Waals surface area contributed by atoms with Gasteiger partial charge in [-0.1, -0.05) is 18.0 Å². The topological polar surface area (TPSA) is 106 Å². The number of unbranched alkanes of at least 4 members (excludes halogenated alkanes) is 2. The highest BCUT2D eigenvalue weighted by Gasteiger charge is 2.36. The highest BCUT2D eigenvalue weighted by atomic mass is 35.5. The highest BCUT2D eigenvalue weighted by Crippen LogP contribution is 2.30. The number of amides is 1. The maximum absolute atomic E-state index is 13.0. The van der Waals surface area contributed by atoms with Crippen molar-refractivity contribution in [1.29, 1.82) is 0 Å². The summed E-state index contributed by atoms with van der Waals surface area (Å²) in [5.41, 5.74) is 6.56. The summed E-state index contributed by atoms with van der Waals surface area (Å²) in [7, 11) is 3.17. The number of hydrogen-bond acceptors (Lipinski definition) is 8. The summed E-state index contributed by atoms with van der Waals surface area (Å²) in [6.07, 6.45) is 6.42. The van der Waals surface area contributed by atoms with Crippen LogP contribution >= 0.6 is 11.6 Å². The Hall–Kier alpha value is -2.07. The van der Waals surface area contributed by atoms with Gasteiger partial charge in [0.15, 0.2) is 0 Å². The van der Waals surface area contributed by atoms with E-state index >= 15 is 0 Å². The van der Waals surface area contributed by atoms with Crippen LogP contribution < -0.4 is 15.8 Å². The van der Waals surface area contributed by atoms with E-state index in [4.69, 9.17) is 31.5 Å². The second kappa shape index (κ2) is 13.1. The van der Waals surface area contributed by atoms with Crippen LogP contribution in [-0.2, 0) is 14.3 Å². The van der Waals surface area contributed by atoms with Crippen LogP contribution in [0.25, 0.3) is 0 Å². The van der Waals surface area contributed by atoms with Gasteiger partial charge in [0.1, 0.15) is 11.9 Å². The van der Waals surface area contributed by atoms with Crippen LogP contribution in [0.2, 0.25) is 5.02 Å². The van der Waals surface area contributed by atoms with Crippen LogP contribution in [0, 0.1) is 5.92 Å². The van der Waals surface area contributed by atoms with E-state index in [1.54, 1.807) is 13.2 Å². The molecule has 4 aliphatic heterocycles. The number of halogens is 1. The third kappa shape index (κ3) is 7.28. The van der Waals surface area contributed by atoms with Gasteiger partial charge >= 0.3 is 5.97 Å². The van der Waals surface area contributed by atoms with E-state index in [2.05, 4.69) is 15.1 Å². The number of nitrogens with one attached hydrogen (secondary N) is 1. The number of methoxy groups -OCH3 is 2. The number of ether oxygens (including phenoxy) is 3. The average Bonchev–Trinajstić information content (AvgIpc) is 2.91. The second-order valence-electron chi connectivity index (χ2n) is 10.5. The number of nitrogens with two attached hydrogens (primary N) is 1. The maximum atomic E-state index is 13.0. The fraction of sp³-hybridized carbons (Fsp3) is 0.704. The highest BCUT2D eigenvalue weighted by molar-refractivity contribution is 6.33. The van der Waals surface area contributed by atoms with Gasteiger partial charge in [0.25, 0.3) is 5.91 Å². The largest absolute Gasteiger partial charge is 0.496 e. The van der Waals surface area contributed by atoms with Gasteiger partial charge < -0.3 is 30.2 Å². The molecule has 2 bridgehead atoms. The summed E-state index contributed by atoms with van der Waals surface area (Å²) in [5.74, 6) is 0.637. The SMILES string of the molecule is COc1cc(N)c(Cl)cc1C(=O)N[C@@H]1CCN(CCCCCC(=O)O[C@@H]2CN3CCC2CC3)C[C@@H]1OC. The lowest BCUT2D eigenvalue weighted by atomic mass is 9.86. The molecular formula is C27H41ClN4O5. The molecule has 9 nitrogen and oxygen atoms in total. The van der Waals surface area contributed by atoms with Gasteiger partial charge in [-0.3, -0.25) is 14.5 Å². The van der Waals surface area contributed by atoms with Crippen molar-refractivity contribution in [2.24, 2.45) is 5.92 Å². The van der Waals surface area contributed by atoms with E-state index in [-0.39, 0.29) is 30.1 Å². The number of carbonyl (C=O) groups excluding carboxylic acids is 2. The molecule has 206 valence electrons. The average molecular weight is 537 g/mol. The molecule has 1 aromatic rings. The molecular weight excluding hydrogens is 496 g/mol. The predicted octanol–water partition coefficient (Wildman–Crippen LogP) is 2.95. The third-order valence-corrected chi connectivity index (χ3v) is 8.39. The van der Waals surface area contributed by atoms with Gasteiger partial charge in [-0.2, -0.15) is 0 Å². The first-order valence-corrected chi connectivity index (χ1v) is 13.9. The van der Waals surface area contributed by atoms with Gasteiger partial charge in [-0.05, 0) is 63.7 Å². The van der Waals surface area contributed by atoms with Gasteiger partial charge in [0, 0.05) is 39.2 Å². The Kier molecular flexibility index (Phi) is 9.92. The molecule has 37 heavy (non-hydrogen) atoms. The molecule has 4 saturated heterocycles. The summed E-state index contributed by atoms with van der Waals surface area (Å²) in [5, 5.41) is 3.40. The number of benzene rings is 1. The molecule has 4 heterocycles. The minimum atomic E-state index is -0.260. The van der Waals surface area contributed by atoms with Crippen LogP contribution in [-0.4, -0.2) is 93.4 Å². The Balaban J connectivity index is 1.15. The van der Waals surface area contributed by atoms with Crippen molar-refractivity contribution in [2.75, 3.05) is 59.2 Å². The molecule has 0 aromatic heterocycles. The number of piperidine rings is 4. The van der Waals surface area contributed by atoms with Crippen molar-refractivity contribution in [2.45, 2.75) is 63.2 Å². The summed E-state index contributed by atoms with van der Waals surface area (Å²) in [6.45, 7) is 5.76. The molecule has 10 heteroatoms. The van der Waals surface area contributed by atoms with Crippen molar-refractivity contribution in [3.8, 4) is 5.75 Å².